The Morgan fingerprint density at radius 3 is 2.53 bits per heavy atom. The second kappa shape index (κ2) is 4.41. The highest BCUT2D eigenvalue weighted by Crippen LogP contribution is 2.28. The molecule has 6 heteroatoms. The first-order chi connectivity index (χ1) is 6.97. The van der Waals surface area contributed by atoms with Crippen LogP contribution in [0.1, 0.15) is 17.7 Å². The third-order valence-electron chi connectivity index (χ3n) is 2.08. The number of hydrogen-bond donors (Lipinski definition) is 3. The maximum atomic E-state index is 11.0. The predicted octanol–water partition coefficient (Wildman–Crippen LogP) is 0.851. The van der Waals surface area contributed by atoms with Crippen molar-refractivity contribution in [3.8, 4) is 0 Å². The molecule has 1 aromatic heterocycles. The second-order valence-corrected chi connectivity index (χ2v) is 4.10. The first-order valence-corrected chi connectivity index (χ1v) is 5.13. The van der Waals surface area contributed by atoms with Crippen molar-refractivity contribution in [3.05, 3.63) is 22.4 Å². The van der Waals surface area contributed by atoms with Crippen LogP contribution in [0, 0.1) is 0 Å². The number of nitrogens with two attached hydrogens (primary N) is 1. The van der Waals surface area contributed by atoms with Crippen LogP contribution in [0.4, 0.5) is 0 Å². The van der Waals surface area contributed by atoms with Gasteiger partial charge in [0.2, 0.25) is 0 Å². The molecule has 0 aliphatic rings. The van der Waals surface area contributed by atoms with Crippen molar-refractivity contribution in [3.63, 3.8) is 0 Å². The second-order valence-electron chi connectivity index (χ2n) is 3.15. The van der Waals surface area contributed by atoms with Gasteiger partial charge in [-0.2, -0.15) is 0 Å². The van der Waals surface area contributed by atoms with E-state index in [1.54, 1.807) is 17.5 Å². The summed E-state index contributed by atoms with van der Waals surface area (Å²) >= 11 is 1.21. The number of thiophene rings is 1. The van der Waals surface area contributed by atoms with Crippen LogP contribution in [-0.2, 0) is 15.1 Å². The summed E-state index contributed by atoms with van der Waals surface area (Å²) in [5.74, 6) is -2.26. The molecule has 0 aliphatic carbocycles. The van der Waals surface area contributed by atoms with E-state index in [2.05, 4.69) is 0 Å². The van der Waals surface area contributed by atoms with Gasteiger partial charge in [0.25, 0.3) is 0 Å². The molecule has 0 aromatic carbocycles. The molecule has 0 saturated heterocycles. The SMILES string of the molecule is NC(CCC(=O)O)(C(=O)O)c1cccs1. The van der Waals surface area contributed by atoms with Crippen LogP contribution in [-0.4, -0.2) is 22.2 Å². The third kappa shape index (κ3) is 2.54. The first kappa shape index (κ1) is 11.7. The molecule has 0 radical (unpaired) electrons. The van der Waals surface area contributed by atoms with Crippen molar-refractivity contribution in [1.82, 2.24) is 0 Å². The van der Waals surface area contributed by atoms with E-state index in [1.165, 1.54) is 11.3 Å². The third-order valence-corrected chi connectivity index (χ3v) is 3.12. The van der Waals surface area contributed by atoms with Gasteiger partial charge >= 0.3 is 11.9 Å². The summed E-state index contributed by atoms with van der Waals surface area (Å²) in [4.78, 5) is 21.9. The predicted molar refractivity (Wildman–Crippen MR) is 54.7 cm³/mol. The maximum absolute atomic E-state index is 11.0. The largest absolute Gasteiger partial charge is 0.481 e. The molecule has 1 unspecified atom stereocenters. The van der Waals surface area contributed by atoms with Gasteiger partial charge < -0.3 is 15.9 Å². The zero-order chi connectivity index (χ0) is 11.5. The van der Waals surface area contributed by atoms with Gasteiger partial charge in [-0.3, -0.25) is 4.79 Å². The molecule has 0 spiro atoms. The van der Waals surface area contributed by atoms with Crippen molar-refractivity contribution in [2.45, 2.75) is 18.4 Å². The molecule has 15 heavy (non-hydrogen) atoms. The fraction of sp³-hybridized carbons (Fsp3) is 0.333. The van der Waals surface area contributed by atoms with Gasteiger partial charge in [-0.05, 0) is 17.9 Å². The smallest absolute Gasteiger partial charge is 0.329 e. The number of carboxylic acids is 2. The van der Waals surface area contributed by atoms with Gasteiger partial charge in [0.1, 0.15) is 5.54 Å². The summed E-state index contributed by atoms with van der Waals surface area (Å²) in [6.45, 7) is 0. The Balaban J connectivity index is 2.89. The molecule has 1 aromatic rings. The van der Waals surface area contributed by atoms with Gasteiger partial charge in [0.05, 0.1) is 0 Å². The fourth-order valence-electron chi connectivity index (χ4n) is 1.17. The average Bonchev–Trinajstić information content (AvgIpc) is 2.66. The Bertz CT molecular complexity index is 362. The van der Waals surface area contributed by atoms with Crippen molar-refractivity contribution >= 4 is 23.3 Å². The summed E-state index contributed by atoms with van der Waals surface area (Å²) in [6.07, 6.45) is -0.376. The molecule has 1 rings (SSSR count). The Hall–Kier alpha value is -1.40. The lowest BCUT2D eigenvalue weighted by atomic mass is 9.93. The molecular weight excluding hydrogens is 218 g/mol. The molecule has 0 amide bonds. The van der Waals surface area contributed by atoms with Crippen LogP contribution >= 0.6 is 11.3 Å². The van der Waals surface area contributed by atoms with E-state index in [4.69, 9.17) is 15.9 Å². The number of carboxylic acid groups (broad SMARTS) is 2. The number of carbonyl (C=O) groups is 2. The molecule has 0 saturated carbocycles. The summed E-state index contributed by atoms with van der Waals surface area (Å²) in [5, 5.41) is 19.2. The van der Waals surface area contributed by atoms with Gasteiger partial charge in [-0.25, -0.2) is 4.79 Å². The van der Waals surface area contributed by atoms with E-state index >= 15 is 0 Å². The molecule has 0 aliphatic heterocycles. The van der Waals surface area contributed by atoms with Crippen LogP contribution in [0.25, 0.3) is 0 Å². The van der Waals surface area contributed by atoms with Gasteiger partial charge in [0.15, 0.2) is 0 Å². The van der Waals surface area contributed by atoms with Crippen molar-refractivity contribution < 1.29 is 19.8 Å². The molecule has 4 N–H and O–H groups in total. The normalized spacial score (nSPS) is 14.5. The van der Waals surface area contributed by atoms with Crippen LogP contribution in [0.2, 0.25) is 0 Å². The number of rotatable bonds is 5. The molecule has 0 bridgehead atoms. The maximum Gasteiger partial charge on any atom is 0.329 e. The van der Waals surface area contributed by atoms with Crippen molar-refractivity contribution in [2.75, 3.05) is 0 Å². The Morgan fingerprint density at radius 1 is 1.47 bits per heavy atom. The van der Waals surface area contributed by atoms with E-state index in [1.807, 2.05) is 0 Å². The zero-order valence-electron chi connectivity index (χ0n) is 7.84. The topological polar surface area (TPSA) is 101 Å². The lowest BCUT2D eigenvalue weighted by molar-refractivity contribution is -0.144. The highest BCUT2D eigenvalue weighted by atomic mass is 32.1. The van der Waals surface area contributed by atoms with E-state index < -0.39 is 17.5 Å². The van der Waals surface area contributed by atoms with Gasteiger partial charge in [-0.1, -0.05) is 6.07 Å². The summed E-state index contributed by atoms with van der Waals surface area (Å²) < 4.78 is 0. The van der Waals surface area contributed by atoms with E-state index in [-0.39, 0.29) is 12.8 Å². The highest BCUT2D eigenvalue weighted by Gasteiger charge is 2.37. The Labute approximate surface area is 90.1 Å². The molecular formula is C9H11NO4S. The lowest BCUT2D eigenvalue weighted by Gasteiger charge is -2.22. The Morgan fingerprint density at radius 2 is 2.13 bits per heavy atom. The number of aliphatic carboxylic acids is 2. The fourth-order valence-corrected chi connectivity index (χ4v) is 2.03. The van der Waals surface area contributed by atoms with Crippen LogP contribution in [0.5, 0.6) is 0 Å². The zero-order valence-corrected chi connectivity index (χ0v) is 8.66. The molecule has 1 atom stereocenters. The molecule has 5 nitrogen and oxygen atoms in total. The van der Waals surface area contributed by atoms with E-state index in [9.17, 15) is 9.59 Å². The van der Waals surface area contributed by atoms with E-state index in [0.29, 0.717) is 4.88 Å². The summed E-state index contributed by atoms with van der Waals surface area (Å²) in [6, 6.07) is 3.28. The average molecular weight is 229 g/mol. The lowest BCUT2D eigenvalue weighted by Crippen LogP contribution is -2.44. The summed E-state index contributed by atoms with van der Waals surface area (Å²) in [5.41, 5.74) is 4.11. The van der Waals surface area contributed by atoms with Crippen LogP contribution in [0.15, 0.2) is 17.5 Å². The van der Waals surface area contributed by atoms with Crippen LogP contribution < -0.4 is 5.73 Å². The van der Waals surface area contributed by atoms with E-state index in [0.717, 1.165) is 0 Å². The molecule has 82 valence electrons. The molecule has 0 fully saturated rings. The standard InChI is InChI=1S/C9H11NO4S/c10-9(8(13)14,4-3-7(11)12)6-2-1-5-15-6/h1-2,5H,3-4,10H2,(H,11,12)(H,13,14). The first-order valence-electron chi connectivity index (χ1n) is 4.25. The Kier molecular flexibility index (Phi) is 3.43. The van der Waals surface area contributed by atoms with Gasteiger partial charge in [0, 0.05) is 11.3 Å². The quantitative estimate of drug-likeness (QED) is 0.695. The summed E-state index contributed by atoms with van der Waals surface area (Å²) in [7, 11) is 0. The van der Waals surface area contributed by atoms with Crippen molar-refractivity contribution in [1.29, 1.82) is 0 Å². The minimum atomic E-state index is -1.59. The van der Waals surface area contributed by atoms with Crippen LogP contribution in [0.3, 0.4) is 0 Å². The number of hydrogen-bond acceptors (Lipinski definition) is 4. The van der Waals surface area contributed by atoms with Gasteiger partial charge in [-0.15, -0.1) is 11.3 Å². The minimum Gasteiger partial charge on any atom is -0.481 e. The molecule has 1 heterocycles. The minimum absolute atomic E-state index is 0.113. The van der Waals surface area contributed by atoms with Crippen molar-refractivity contribution in [2.24, 2.45) is 5.73 Å². The monoisotopic (exact) mass is 229 g/mol. The highest BCUT2D eigenvalue weighted by molar-refractivity contribution is 7.10.